The summed E-state index contributed by atoms with van der Waals surface area (Å²) in [5.41, 5.74) is -0.709. The molecule has 0 aromatic heterocycles. The van der Waals surface area contributed by atoms with Gasteiger partial charge in [-0.15, -0.1) is 0 Å². The molecule has 1 aliphatic rings. The van der Waals surface area contributed by atoms with Crippen LogP contribution in [0.2, 0.25) is 5.02 Å². The van der Waals surface area contributed by atoms with Crippen LogP contribution in [-0.2, 0) is 9.59 Å². The first-order chi connectivity index (χ1) is 10.8. The van der Waals surface area contributed by atoms with Crippen LogP contribution in [0.1, 0.15) is 26.2 Å². The van der Waals surface area contributed by atoms with Crippen LogP contribution in [-0.4, -0.2) is 40.5 Å². The van der Waals surface area contributed by atoms with Crippen molar-refractivity contribution in [3.05, 3.63) is 28.8 Å². The lowest BCUT2D eigenvalue weighted by atomic mass is 10.1. The highest BCUT2D eigenvalue weighted by atomic mass is 35.5. The van der Waals surface area contributed by atoms with E-state index in [2.05, 4.69) is 0 Å². The van der Waals surface area contributed by atoms with E-state index in [4.69, 9.17) is 11.6 Å². The number of carbonyl (C=O) groups is 2. The van der Waals surface area contributed by atoms with Crippen molar-refractivity contribution in [2.75, 3.05) is 11.9 Å². The van der Waals surface area contributed by atoms with E-state index in [-0.39, 0.29) is 11.1 Å². The van der Waals surface area contributed by atoms with Gasteiger partial charge in [-0.1, -0.05) is 11.6 Å². The molecule has 1 heterocycles. The molecule has 1 saturated heterocycles. The molecule has 1 fully saturated rings. The number of benzene rings is 1. The standard InChI is InChI=1S/C15H17ClF2N2O3/c1-8(21)5-10-3-2-4-20(10)15(23)14(22)19-13-11(17)6-9(16)7-12(13)18/h6-8,10,21H,2-5H2,1H3,(H,19,22). The molecule has 126 valence electrons. The summed E-state index contributed by atoms with van der Waals surface area (Å²) in [4.78, 5) is 25.5. The second-order valence-corrected chi connectivity index (χ2v) is 6.01. The molecule has 2 N–H and O–H groups in total. The van der Waals surface area contributed by atoms with Gasteiger partial charge in [-0.2, -0.15) is 0 Å². The molecule has 2 unspecified atom stereocenters. The third-order valence-corrected chi connectivity index (χ3v) is 3.91. The summed E-state index contributed by atoms with van der Waals surface area (Å²) >= 11 is 5.50. The number of amides is 2. The van der Waals surface area contributed by atoms with E-state index in [0.29, 0.717) is 25.8 Å². The second-order valence-electron chi connectivity index (χ2n) is 5.58. The average Bonchev–Trinajstić information content (AvgIpc) is 2.88. The quantitative estimate of drug-likeness (QED) is 0.825. The Kier molecular flexibility index (Phi) is 5.54. The molecule has 8 heteroatoms. The summed E-state index contributed by atoms with van der Waals surface area (Å²) < 4.78 is 27.3. The molecule has 5 nitrogen and oxygen atoms in total. The zero-order valence-corrected chi connectivity index (χ0v) is 13.2. The van der Waals surface area contributed by atoms with Crippen molar-refractivity contribution in [3.63, 3.8) is 0 Å². The van der Waals surface area contributed by atoms with Gasteiger partial charge >= 0.3 is 11.8 Å². The Hall–Kier alpha value is -1.73. The van der Waals surface area contributed by atoms with E-state index in [1.54, 1.807) is 6.92 Å². The molecular formula is C15H17ClF2N2O3. The molecule has 0 bridgehead atoms. The number of halogens is 3. The Morgan fingerprint density at radius 3 is 2.61 bits per heavy atom. The zero-order valence-electron chi connectivity index (χ0n) is 12.5. The molecule has 1 aromatic carbocycles. The first-order valence-corrected chi connectivity index (χ1v) is 7.62. The van der Waals surface area contributed by atoms with Crippen molar-refractivity contribution < 1.29 is 23.5 Å². The molecule has 1 aromatic rings. The average molecular weight is 347 g/mol. The van der Waals surface area contributed by atoms with Crippen LogP contribution in [0.15, 0.2) is 12.1 Å². The topological polar surface area (TPSA) is 69.6 Å². The number of aliphatic hydroxyl groups is 1. The Morgan fingerprint density at radius 1 is 1.43 bits per heavy atom. The first-order valence-electron chi connectivity index (χ1n) is 7.24. The summed E-state index contributed by atoms with van der Waals surface area (Å²) in [7, 11) is 0. The smallest absolute Gasteiger partial charge is 0.314 e. The number of aliphatic hydroxyl groups excluding tert-OH is 1. The fourth-order valence-electron chi connectivity index (χ4n) is 2.70. The van der Waals surface area contributed by atoms with Crippen molar-refractivity contribution in [2.45, 2.75) is 38.3 Å². The highest BCUT2D eigenvalue weighted by molar-refractivity contribution is 6.39. The summed E-state index contributed by atoms with van der Waals surface area (Å²) in [5, 5.41) is 11.2. The lowest BCUT2D eigenvalue weighted by molar-refractivity contribution is -0.144. The van der Waals surface area contributed by atoms with Crippen LogP contribution < -0.4 is 5.32 Å². The van der Waals surface area contributed by atoms with E-state index < -0.39 is 35.2 Å². The number of likely N-dealkylation sites (tertiary alicyclic amines) is 1. The molecule has 0 saturated carbocycles. The van der Waals surface area contributed by atoms with Crippen LogP contribution in [0, 0.1) is 11.6 Å². The predicted octanol–water partition coefficient (Wildman–Crippen LogP) is 2.32. The number of hydrogen-bond donors (Lipinski definition) is 2. The van der Waals surface area contributed by atoms with E-state index in [0.717, 1.165) is 12.1 Å². The van der Waals surface area contributed by atoms with E-state index in [9.17, 15) is 23.5 Å². The van der Waals surface area contributed by atoms with Gasteiger partial charge in [-0.25, -0.2) is 8.78 Å². The summed E-state index contributed by atoms with van der Waals surface area (Å²) in [6.45, 7) is 1.97. The van der Waals surface area contributed by atoms with Gasteiger partial charge in [-0.05, 0) is 38.3 Å². The van der Waals surface area contributed by atoms with Crippen molar-refractivity contribution in [1.29, 1.82) is 0 Å². The van der Waals surface area contributed by atoms with Crippen LogP contribution in [0.25, 0.3) is 0 Å². The molecule has 0 spiro atoms. The maximum Gasteiger partial charge on any atom is 0.314 e. The molecular weight excluding hydrogens is 330 g/mol. The lowest BCUT2D eigenvalue weighted by Crippen LogP contribution is -2.43. The number of carbonyl (C=O) groups excluding carboxylic acids is 2. The Morgan fingerprint density at radius 2 is 2.04 bits per heavy atom. The van der Waals surface area contributed by atoms with Gasteiger partial charge in [0.05, 0.1) is 6.10 Å². The minimum atomic E-state index is -1.12. The third-order valence-electron chi connectivity index (χ3n) is 3.69. The minimum absolute atomic E-state index is 0.152. The number of hydrogen-bond acceptors (Lipinski definition) is 3. The van der Waals surface area contributed by atoms with Crippen molar-refractivity contribution >= 4 is 29.1 Å². The Labute approximate surface area is 137 Å². The van der Waals surface area contributed by atoms with E-state index in [1.165, 1.54) is 4.90 Å². The zero-order chi connectivity index (χ0) is 17.1. The van der Waals surface area contributed by atoms with Gasteiger partial charge in [0.15, 0.2) is 11.6 Å². The predicted molar refractivity (Wildman–Crippen MR) is 81.0 cm³/mol. The van der Waals surface area contributed by atoms with Crippen LogP contribution in [0.4, 0.5) is 14.5 Å². The Balaban J connectivity index is 2.10. The molecule has 1 aliphatic heterocycles. The summed E-state index contributed by atoms with van der Waals surface area (Å²) in [6, 6.07) is 1.43. The highest BCUT2D eigenvalue weighted by Gasteiger charge is 2.33. The maximum absolute atomic E-state index is 13.7. The molecule has 2 atom stereocenters. The lowest BCUT2D eigenvalue weighted by Gasteiger charge is -2.25. The molecule has 2 rings (SSSR count). The van der Waals surface area contributed by atoms with Gasteiger partial charge in [0.2, 0.25) is 0 Å². The fourth-order valence-corrected chi connectivity index (χ4v) is 2.89. The number of nitrogens with zero attached hydrogens (tertiary/aromatic N) is 1. The first kappa shape index (κ1) is 17.6. The number of nitrogens with one attached hydrogen (secondary N) is 1. The van der Waals surface area contributed by atoms with Crippen LogP contribution in [0.3, 0.4) is 0 Å². The third kappa shape index (κ3) is 4.17. The van der Waals surface area contributed by atoms with Gasteiger partial charge < -0.3 is 15.3 Å². The van der Waals surface area contributed by atoms with Crippen molar-refractivity contribution in [2.24, 2.45) is 0 Å². The highest BCUT2D eigenvalue weighted by Crippen LogP contribution is 2.25. The van der Waals surface area contributed by atoms with E-state index in [1.807, 2.05) is 5.32 Å². The molecule has 0 aliphatic carbocycles. The Bertz CT molecular complexity index is 602. The normalized spacial score (nSPS) is 18.8. The SMILES string of the molecule is CC(O)CC1CCCN1C(=O)C(=O)Nc1c(F)cc(Cl)cc1F. The maximum atomic E-state index is 13.7. The monoisotopic (exact) mass is 346 g/mol. The summed E-state index contributed by atoms with van der Waals surface area (Å²) in [6.07, 6.45) is 1.12. The molecule has 2 amide bonds. The van der Waals surface area contributed by atoms with Crippen LogP contribution in [0.5, 0.6) is 0 Å². The van der Waals surface area contributed by atoms with Gasteiger partial charge in [0.1, 0.15) is 5.69 Å². The number of anilines is 1. The van der Waals surface area contributed by atoms with Gasteiger partial charge in [-0.3, -0.25) is 9.59 Å². The van der Waals surface area contributed by atoms with Gasteiger partial charge in [0, 0.05) is 17.6 Å². The van der Waals surface area contributed by atoms with Gasteiger partial charge in [0.25, 0.3) is 0 Å². The summed E-state index contributed by atoms with van der Waals surface area (Å²) in [5.74, 6) is -4.11. The van der Waals surface area contributed by atoms with Crippen molar-refractivity contribution in [1.82, 2.24) is 4.90 Å². The minimum Gasteiger partial charge on any atom is -0.393 e. The number of rotatable bonds is 3. The van der Waals surface area contributed by atoms with Crippen molar-refractivity contribution in [3.8, 4) is 0 Å². The largest absolute Gasteiger partial charge is 0.393 e. The molecule has 23 heavy (non-hydrogen) atoms. The molecule has 0 radical (unpaired) electrons. The fraction of sp³-hybridized carbons (Fsp3) is 0.467. The van der Waals surface area contributed by atoms with E-state index >= 15 is 0 Å². The second kappa shape index (κ2) is 7.23. The van der Waals surface area contributed by atoms with Crippen LogP contribution >= 0.6 is 11.6 Å².